The third-order valence-electron chi connectivity index (χ3n) is 5.60. The Balaban J connectivity index is 1.27. The topological polar surface area (TPSA) is 68.7 Å². The summed E-state index contributed by atoms with van der Waals surface area (Å²) in [6.45, 7) is 0.858. The van der Waals surface area contributed by atoms with Crippen LogP contribution in [-0.4, -0.2) is 44.0 Å². The summed E-state index contributed by atoms with van der Waals surface area (Å²) < 4.78 is 40.2. The van der Waals surface area contributed by atoms with Crippen molar-refractivity contribution < 1.29 is 17.9 Å². The molecule has 0 spiro atoms. The summed E-state index contributed by atoms with van der Waals surface area (Å²) in [7, 11) is -1.89. The van der Waals surface area contributed by atoms with Gasteiger partial charge in [0.25, 0.3) is 5.19 Å². The molecule has 0 aliphatic carbocycles. The lowest BCUT2D eigenvalue weighted by molar-refractivity contribution is 0.135. The summed E-state index contributed by atoms with van der Waals surface area (Å²) >= 11 is 1.48. The highest BCUT2D eigenvalue weighted by Crippen LogP contribution is 2.33. The van der Waals surface area contributed by atoms with Crippen LogP contribution in [0.1, 0.15) is 12.8 Å². The van der Waals surface area contributed by atoms with Crippen molar-refractivity contribution in [3.8, 4) is 10.9 Å². The fourth-order valence-corrected chi connectivity index (χ4v) is 6.29. The number of sulfonamides is 1. The zero-order valence-corrected chi connectivity index (χ0v) is 18.7. The van der Waals surface area contributed by atoms with E-state index < -0.39 is 10.0 Å². The Morgan fingerprint density at radius 2 is 1.77 bits per heavy atom. The van der Waals surface area contributed by atoms with Crippen LogP contribution in [-0.2, 0) is 10.0 Å². The molecule has 1 fully saturated rings. The Kier molecular flexibility index (Phi) is 5.29. The Morgan fingerprint density at radius 3 is 2.55 bits per heavy atom. The molecule has 5 rings (SSSR count). The third kappa shape index (κ3) is 3.98. The number of thiazole rings is 1. The van der Waals surface area contributed by atoms with Gasteiger partial charge in [0, 0.05) is 13.1 Å². The molecule has 2 heterocycles. The van der Waals surface area contributed by atoms with E-state index in [1.165, 1.54) is 11.3 Å². The van der Waals surface area contributed by atoms with Gasteiger partial charge in [-0.15, -0.1) is 0 Å². The number of benzene rings is 3. The highest BCUT2D eigenvalue weighted by atomic mass is 32.2. The van der Waals surface area contributed by atoms with Crippen molar-refractivity contribution in [3.05, 3.63) is 60.7 Å². The van der Waals surface area contributed by atoms with Gasteiger partial charge in [-0.3, -0.25) is 0 Å². The molecule has 3 aromatic carbocycles. The smallest absolute Gasteiger partial charge is 0.274 e. The molecule has 1 aliphatic heterocycles. The number of fused-ring (bicyclic) bond motifs is 2. The molecule has 1 aliphatic rings. The highest BCUT2D eigenvalue weighted by Gasteiger charge is 2.30. The third-order valence-corrected chi connectivity index (χ3v) is 8.41. The van der Waals surface area contributed by atoms with E-state index in [-0.39, 0.29) is 6.10 Å². The Bertz CT molecular complexity index is 1340. The van der Waals surface area contributed by atoms with Crippen molar-refractivity contribution in [2.45, 2.75) is 23.8 Å². The van der Waals surface area contributed by atoms with Gasteiger partial charge in [0.2, 0.25) is 10.0 Å². The first-order valence-electron chi connectivity index (χ1n) is 10.1. The molecule has 8 heteroatoms. The van der Waals surface area contributed by atoms with Gasteiger partial charge >= 0.3 is 0 Å². The van der Waals surface area contributed by atoms with Crippen molar-refractivity contribution >= 4 is 42.3 Å². The van der Waals surface area contributed by atoms with Crippen molar-refractivity contribution in [3.63, 3.8) is 0 Å². The minimum Gasteiger partial charge on any atom is -0.497 e. The van der Waals surface area contributed by atoms with Gasteiger partial charge in [-0.2, -0.15) is 4.31 Å². The van der Waals surface area contributed by atoms with Gasteiger partial charge in [-0.25, -0.2) is 13.4 Å². The maximum atomic E-state index is 13.1. The minimum atomic E-state index is -3.53. The quantitative estimate of drug-likeness (QED) is 0.438. The minimum absolute atomic E-state index is 0.0505. The molecule has 0 N–H and O–H groups in total. The zero-order chi connectivity index (χ0) is 21.4. The average Bonchev–Trinajstić information content (AvgIpc) is 3.20. The molecule has 0 atom stereocenters. The molecule has 0 radical (unpaired) electrons. The van der Waals surface area contributed by atoms with Crippen LogP contribution >= 0.6 is 11.3 Å². The van der Waals surface area contributed by atoms with Gasteiger partial charge in [0.1, 0.15) is 11.9 Å². The van der Waals surface area contributed by atoms with E-state index >= 15 is 0 Å². The summed E-state index contributed by atoms with van der Waals surface area (Å²) in [4.78, 5) is 4.87. The summed E-state index contributed by atoms with van der Waals surface area (Å²) in [6.07, 6.45) is 1.21. The number of piperidine rings is 1. The first-order chi connectivity index (χ1) is 15.0. The first kappa shape index (κ1) is 20.2. The fourth-order valence-electron chi connectivity index (χ4n) is 3.87. The van der Waals surface area contributed by atoms with E-state index in [1.807, 2.05) is 48.5 Å². The molecule has 0 bridgehead atoms. The maximum Gasteiger partial charge on any atom is 0.274 e. The van der Waals surface area contributed by atoms with E-state index in [2.05, 4.69) is 4.98 Å². The summed E-state index contributed by atoms with van der Waals surface area (Å²) in [5.41, 5.74) is 0.872. The molecule has 160 valence electrons. The molecule has 0 saturated carbocycles. The average molecular weight is 455 g/mol. The molecular formula is C23H22N2O4S2. The van der Waals surface area contributed by atoms with E-state index in [1.54, 1.807) is 23.5 Å². The molecule has 0 unspecified atom stereocenters. The SMILES string of the molecule is COc1ccc2nc(OC3CCN(S(=O)(=O)c4ccc5ccccc5c4)CC3)sc2c1. The molecule has 0 amide bonds. The second-order valence-electron chi connectivity index (χ2n) is 7.54. The lowest BCUT2D eigenvalue weighted by Crippen LogP contribution is -2.41. The molecule has 4 aromatic rings. The summed E-state index contributed by atoms with van der Waals surface area (Å²) in [5, 5.41) is 2.57. The van der Waals surface area contributed by atoms with Crippen LogP contribution in [0.4, 0.5) is 0 Å². The van der Waals surface area contributed by atoms with Crippen molar-refractivity contribution in [2.75, 3.05) is 20.2 Å². The molecule has 6 nitrogen and oxygen atoms in total. The van der Waals surface area contributed by atoms with Crippen molar-refractivity contribution in [1.82, 2.24) is 9.29 Å². The predicted molar refractivity (Wildman–Crippen MR) is 123 cm³/mol. The zero-order valence-electron chi connectivity index (χ0n) is 17.0. The van der Waals surface area contributed by atoms with Crippen molar-refractivity contribution in [2.24, 2.45) is 0 Å². The van der Waals surface area contributed by atoms with Gasteiger partial charge in [0.15, 0.2) is 0 Å². The van der Waals surface area contributed by atoms with Gasteiger partial charge in [-0.1, -0.05) is 41.7 Å². The fraction of sp³-hybridized carbons (Fsp3) is 0.261. The molecule has 1 saturated heterocycles. The second kappa shape index (κ2) is 8.11. The van der Waals surface area contributed by atoms with E-state index in [4.69, 9.17) is 9.47 Å². The van der Waals surface area contributed by atoms with E-state index in [0.29, 0.717) is 36.0 Å². The van der Waals surface area contributed by atoms with Gasteiger partial charge in [0.05, 0.1) is 22.2 Å². The van der Waals surface area contributed by atoms with Crippen LogP contribution in [0.15, 0.2) is 65.6 Å². The Labute approximate surface area is 185 Å². The van der Waals surface area contributed by atoms with Crippen LogP contribution < -0.4 is 9.47 Å². The monoisotopic (exact) mass is 454 g/mol. The molecule has 31 heavy (non-hydrogen) atoms. The molecule has 1 aromatic heterocycles. The van der Waals surface area contributed by atoms with Crippen LogP contribution in [0.5, 0.6) is 10.9 Å². The summed E-state index contributed by atoms with van der Waals surface area (Å²) in [5.74, 6) is 0.787. The van der Waals surface area contributed by atoms with Crippen LogP contribution in [0.2, 0.25) is 0 Å². The number of aromatic nitrogens is 1. The number of hydrogen-bond acceptors (Lipinski definition) is 6. The van der Waals surface area contributed by atoms with Crippen molar-refractivity contribution in [1.29, 1.82) is 0 Å². The van der Waals surface area contributed by atoms with Crippen LogP contribution in [0, 0.1) is 0 Å². The van der Waals surface area contributed by atoms with E-state index in [0.717, 1.165) is 26.7 Å². The van der Waals surface area contributed by atoms with Gasteiger partial charge in [-0.05, 0) is 53.9 Å². The first-order valence-corrected chi connectivity index (χ1v) is 12.4. The number of rotatable bonds is 5. The van der Waals surface area contributed by atoms with Gasteiger partial charge < -0.3 is 9.47 Å². The highest BCUT2D eigenvalue weighted by molar-refractivity contribution is 7.89. The second-order valence-corrected chi connectivity index (χ2v) is 10.5. The maximum absolute atomic E-state index is 13.1. The van der Waals surface area contributed by atoms with Crippen LogP contribution in [0.25, 0.3) is 21.0 Å². The van der Waals surface area contributed by atoms with E-state index in [9.17, 15) is 8.42 Å². The predicted octanol–water partition coefficient (Wildman–Crippen LogP) is 4.69. The Hall–Kier alpha value is -2.68. The lowest BCUT2D eigenvalue weighted by Gasteiger charge is -2.30. The largest absolute Gasteiger partial charge is 0.497 e. The number of methoxy groups -OCH3 is 1. The standard InChI is InChI=1S/C23H22N2O4S2/c1-28-19-7-9-21-22(15-19)30-23(24-21)29-18-10-12-25(13-11-18)31(26,27)20-8-6-16-4-2-3-5-17(16)14-20/h2-9,14-15,18H,10-13H2,1H3. The number of hydrogen-bond donors (Lipinski definition) is 0. The summed E-state index contributed by atoms with van der Waals surface area (Å²) in [6, 6.07) is 18.8. The normalized spacial score (nSPS) is 16.0. The number of nitrogens with zero attached hydrogens (tertiary/aromatic N) is 2. The number of ether oxygens (including phenoxy) is 2. The molecular weight excluding hydrogens is 432 g/mol. The lowest BCUT2D eigenvalue weighted by atomic mass is 10.1. The Morgan fingerprint density at radius 1 is 1.00 bits per heavy atom. The van der Waals surface area contributed by atoms with Crippen LogP contribution in [0.3, 0.4) is 0 Å².